The average molecular weight is 667 g/mol. The van der Waals surface area contributed by atoms with Gasteiger partial charge in [0.2, 0.25) is 0 Å². The van der Waals surface area contributed by atoms with Gasteiger partial charge < -0.3 is 14.0 Å². The Bertz CT molecular complexity index is 2810. The summed E-state index contributed by atoms with van der Waals surface area (Å²) >= 11 is 0. The highest BCUT2D eigenvalue weighted by molar-refractivity contribution is 6.10. The molecule has 1 spiro atoms. The van der Waals surface area contributed by atoms with Crippen molar-refractivity contribution in [2.45, 2.75) is 5.41 Å². The molecule has 52 heavy (non-hydrogen) atoms. The quantitative estimate of drug-likeness (QED) is 0.188. The molecule has 4 heteroatoms. The number of hydrogen-bond donors (Lipinski definition) is 0. The summed E-state index contributed by atoms with van der Waals surface area (Å²) in [6.45, 7) is 0. The summed E-state index contributed by atoms with van der Waals surface area (Å²) in [5.74, 6) is 3.32. The third-order valence-corrected chi connectivity index (χ3v) is 10.8. The molecule has 0 amide bonds. The van der Waals surface area contributed by atoms with Crippen LogP contribution in [-0.4, -0.2) is 9.55 Å². The number of nitrogens with zero attached hydrogens (tertiary/aromatic N) is 2. The molecule has 0 saturated heterocycles. The fraction of sp³-hybridized carbons (Fsp3) is 0.0208. The van der Waals surface area contributed by atoms with E-state index in [0.29, 0.717) is 0 Å². The summed E-state index contributed by atoms with van der Waals surface area (Å²) in [6.07, 6.45) is 1.83. The third kappa shape index (κ3) is 4.00. The van der Waals surface area contributed by atoms with Crippen LogP contribution in [0.2, 0.25) is 0 Å². The second kappa shape index (κ2) is 11.0. The second-order valence-corrected chi connectivity index (χ2v) is 13.5. The Balaban J connectivity index is 1.22. The monoisotopic (exact) mass is 666 g/mol. The Morgan fingerprint density at radius 1 is 0.442 bits per heavy atom. The lowest BCUT2D eigenvalue weighted by Crippen LogP contribution is -2.37. The van der Waals surface area contributed by atoms with Gasteiger partial charge in [0.15, 0.2) is 0 Å². The zero-order chi connectivity index (χ0) is 34.2. The Kier molecular flexibility index (Phi) is 6.13. The first-order valence-corrected chi connectivity index (χ1v) is 17.6. The standard InChI is InChI=1S/C48H30N2O2/c1-2-13-33(14-3-1)50-42-21-7-4-15-35(42)36-26-24-31(29-43(36)50)34-16-12-19-40-47(34)52-46-30-32(41-20-10-11-28-49-41)25-27-39(46)48(40)37-17-5-8-22-44(37)51-45-23-9-6-18-38(45)48/h1-30H. The average Bonchev–Trinajstić information content (AvgIpc) is 3.54. The van der Waals surface area contributed by atoms with E-state index < -0.39 is 5.41 Å². The van der Waals surface area contributed by atoms with Crippen molar-refractivity contribution >= 4 is 21.8 Å². The molecule has 2 aliphatic heterocycles. The number of rotatable bonds is 3. The van der Waals surface area contributed by atoms with E-state index in [9.17, 15) is 0 Å². The van der Waals surface area contributed by atoms with E-state index in [1.165, 1.54) is 16.3 Å². The molecule has 0 unspecified atom stereocenters. The summed E-state index contributed by atoms with van der Waals surface area (Å²) in [4.78, 5) is 4.69. The molecule has 0 atom stereocenters. The van der Waals surface area contributed by atoms with Crippen molar-refractivity contribution in [2.75, 3.05) is 0 Å². The van der Waals surface area contributed by atoms with Gasteiger partial charge in [-0.3, -0.25) is 4.98 Å². The molecule has 7 aromatic carbocycles. The van der Waals surface area contributed by atoms with Gasteiger partial charge >= 0.3 is 0 Å². The minimum Gasteiger partial charge on any atom is -0.457 e. The first kappa shape index (κ1) is 28.9. The van der Waals surface area contributed by atoms with Crippen LogP contribution in [-0.2, 0) is 5.41 Å². The van der Waals surface area contributed by atoms with Gasteiger partial charge in [-0.2, -0.15) is 0 Å². The summed E-state index contributed by atoms with van der Waals surface area (Å²) in [5, 5.41) is 2.44. The number of aromatic nitrogens is 2. The van der Waals surface area contributed by atoms with Crippen LogP contribution in [0.3, 0.4) is 0 Å². The molecule has 2 aromatic heterocycles. The van der Waals surface area contributed by atoms with Crippen LogP contribution in [0.5, 0.6) is 23.0 Å². The van der Waals surface area contributed by atoms with E-state index in [4.69, 9.17) is 9.47 Å². The van der Waals surface area contributed by atoms with Gasteiger partial charge in [0, 0.05) is 56.0 Å². The summed E-state index contributed by atoms with van der Waals surface area (Å²) in [6, 6.07) is 62.1. The van der Waals surface area contributed by atoms with Crippen molar-refractivity contribution < 1.29 is 9.47 Å². The fourth-order valence-electron chi connectivity index (χ4n) is 8.60. The zero-order valence-corrected chi connectivity index (χ0v) is 28.0. The highest BCUT2D eigenvalue weighted by atomic mass is 16.5. The Morgan fingerprint density at radius 2 is 1.12 bits per heavy atom. The highest BCUT2D eigenvalue weighted by Gasteiger charge is 2.51. The van der Waals surface area contributed by atoms with Gasteiger partial charge in [-0.1, -0.05) is 121 Å². The van der Waals surface area contributed by atoms with Crippen LogP contribution in [0.25, 0.3) is 49.9 Å². The van der Waals surface area contributed by atoms with Crippen molar-refractivity contribution in [2.24, 2.45) is 0 Å². The van der Waals surface area contributed by atoms with Gasteiger partial charge in [-0.05, 0) is 60.2 Å². The van der Waals surface area contributed by atoms with Crippen molar-refractivity contribution in [3.63, 3.8) is 0 Å². The molecular formula is C48H30N2O2. The summed E-state index contributed by atoms with van der Waals surface area (Å²) < 4.78 is 16.2. The van der Waals surface area contributed by atoms with Gasteiger partial charge in [-0.25, -0.2) is 0 Å². The van der Waals surface area contributed by atoms with Crippen molar-refractivity contribution in [3.8, 4) is 51.1 Å². The largest absolute Gasteiger partial charge is 0.457 e. The van der Waals surface area contributed by atoms with Crippen LogP contribution >= 0.6 is 0 Å². The van der Waals surface area contributed by atoms with E-state index in [1.807, 2.05) is 36.5 Å². The van der Waals surface area contributed by atoms with Crippen LogP contribution in [0, 0.1) is 0 Å². The number of ether oxygens (including phenoxy) is 2. The van der Waals surface area contributed by atoms with Gasteiger partial charge in [0.05, 0.1) is 22.1 Å². The normalized spacial score (nSPS) is 13.5. The Hall–Kier alpha value is -6.91. The Labute approximate surface area is 300 Å². The zero-order valence-electron chi connectivity index (χ0n) is 28.0. The molecule has 4 nitrogen and oxygen atoms in total. The van der Waals surface area contributed by atoms with E-state index >= 15 is 0 Å². The maximum atomic E-state index is 7.19. The lowest BCUT2D eigenvalue weighted by molar-refractivity contribution is 0.400. The number of hydrogen-bond acceptors (Lipinski definition) is 3. The molecule has 0 saturated carbocycles. The molecule has 244 valence electrons. The summed E-state index contributed by atoms with van der Waals surface area (Å²) in [5.41, 5.74) is 11.1. The first-order valence-electron chi connectivity index (χ1n) is 17.6. The fourth-order valence-corrected chi connectivity index (χ4v) is 8.60. The third-order valence-electron chi connectivity index (χ3n) is 10.8. The molecule has 2 aliphatic rings. The van der Waals surface area contributed by atoms with Crippen LogP contribution in [0.1, 0.15) is 22.3 Å². The predicted molar refractivity (Wildman–Crippen MR) is 208 cm³/mol. The molecule has 0 bridgehead atoms. The minimum absolute atomic E-state index is 0.698. The second-order valence-electron chi connectivity index (χ2n) is 13.5. The molecule has 0 radical (unpaired) electrons. The smallest absolute Gasteiger partial charge is 0.140 e. The minimum atomic E-state index is -0.698. The Morgan fingerprint density at radius 3 is 1.92 bits per heavy atom. The van der Waals surface area contributed by atoms with Crippen molar-refractivity contribution in [1.82, 2.24) is 9.55 Å². The van der Waals surface area contributed by atoms with Crippen LogP contribution in [0.4, 0.5) is 0 Å². The van der Waals surface area contributed by atoms with Gasteiger partial charge in [0.25, 0.3) is 0 Å². The van der Waals surface area contributed by atoms with Gasteiger partial charge in [-0.15, -0.1) is 0 Å². The predicted octanol–water partition coefficient (Wildman–Crippen LogP) is 12.1. The topological polar surface area (TPSA) is 36.3 Å². The molecule has 0 aliphatic carbocycles. The number of pyridine rings is 1. The highest BCUT2D eigenvalue weighted by Crippen LogP contribution is 2.62. The SMILES string of the molecule is c1ccc(-n2c3ccccc3c3ccc(-c4cccc5c4Oc4cc(-c6ccccn6)ccc4C54c5ccccc5Oc5ccccc54)cc32)cc1. The number of para-hydroxylation sites is 5. The molecule has 0 fully saturated rings. The molecule has 4 heterocycles. The maximum Gasteiger partial charge on any atom is 0.140 e. The summed E-state index contributed by atoms with van der Waals surface area (Å²) in [7, 11) is 0. The van der Waals surface area contributed by atoms with E-state index in [2.05, 4.69) is 155 Å². The molecule has 0 N–H and O–H groups in total. The molecular weight excluding hydrogens is 637 g/mol. The maximum absolute atomic E-state index is 7.19. The number of benzene rings is 7. The van der Waals surface area contributed by atoms with Crippen molar-refractivity contribution in [1.29, 1.82) is 0 Å². The lowest BCUT2D eigenvalue weighted by atomic mass is 9.62. The van der Waals surface area contributed by atoms with E-state index in [1.54, 1.807) is 0 Å². The van der Waals surface area contributed by atoms with Crippen molar-refractivity contribution in [3.05, 3.63) is 204 Å². The van der Waals surface area contributed by atoms with E-state index in [0.717, 1.165) is 78.8 Å². The first-order chi connectivity index (χ1) is 25.8. The van der Waals surface area contributed by atoms with Crippen LogP contribution in [0.15, 0.2) is 182 Å². The lowest BCUT2D eigenvalue weighted by Gasteiger charge is -2.45. The van der Waals surface area contributed by atoms with Crippen LogP contribution < -0.4 is 9.47 Å². The molecule has 9 aromatic rings. The number of fused-ring (bicyclic) bond motifs is 11. The van der Waals surface area contributed by atoms with E-state index in [-0.39, 0.29) is 0 Å². The molecule has 11 rings (SSSR count). The van der Waals surface area contributed by atoms with Gasteiger partial charge in [0.1, 0.15) is 23.0 Å².